The van der Waals surface area contributed by atoms with Crippen LogP contribution in [0.15, 0.2) is 10.8 Å². The summed E-state index contributed by atoms with van der Waals surface area (Å²) < 4.78 is 29.8. The van der Waals surface area contributed by atoms with Gasteiger partial charge in [0, 0.05) is 18.8 Å². The molecule has 0 atom stereocenters. The molecule has 0 N–H and O–H groups in total. The van der Waals surface area contributed by atoms with Crippen molar-refractivity contribution in [2.75, 3.05) is 0 Å². The number of aromatic nitrogens is 1. The van der Waals surface area contributed by atoms with E-state index in [0.717, 1.165) is 6.39 Å². The van der Waals surface area contributed by atoms with Crippen LogP contribution in [0.1, 0.15) is 35.0 Å². The van der Waals surface area contributed by atoms with Crippen LogP contribution in [0.5, 0.6) is 0 Å². The van der Waals surface area contributed by atoms with E-state index in [4.69, 9.17) is 4.42 Å². The number of halogens is 2. The molecule has 1 aliphatic carbocycles. The Labute approximate surface area is 72.8 Å². The van der Waals surface area contributed by atoms with E-state index < -0.39 is 5.92 Å². The molecule has 0 unspecified atom stereocenters. The zero-order valence-electron chi connectivity index (χ0n) is 6.67. The van der Waals surface area contributed by atoms with Gasteiger partial charge in [0.05, 0.1) is 0 Å². The van der Waals surface area contributed by atoms with Crippen molar-refractivity contribution in [1.29, 1.82) is 0 Å². The molecule has 0 amide bonds. The van der Waals surface area contributed by atoms with E-state index in [2.05, 4.69) is 4.98 Å². The first-order valence-electron chi connectivity index (χ1n) is 3.89. The van der Waals surface area contributed by atoms with Gasteiger partial charge in [-0.1, -0.05) is 0 Å². The van der Waals surface area contributed by atoms with E-state index in [1.165, 1.54) is 0 Å². The van der Waals surface area contributed by atoms with Crippen molar-refractivity contribution in [2.45, 2.75) is 24.7 Å². The second kappa shape index (κ2) is 2.61. The molecule has 1 saturated carbocycles. The summed E-state index contributed by atoms with van der Waals surface area (Å²) >= 11 is 0. The molecular weight excluding hydrogens is 180 g/mol. The molecule has 0 aliphatic heterocycles. The second-order valence-electron chi connectivity index (χ2n) is 3.18. The Morgan fingerprint density at radius 3 is 2.85 bits per heavy atom. The van der Waals surface area contributed by atoms with Crippen molar-refractivity contribution in [2.24, 2.45) is 0 Å². The Kier molecular flexibility index (Phi) is 1.68. The summed E-state index contributed by atoms with van der Waals surface area (Å²) in [4.78, 5) is 14.0. The van der Waals surface area contributed by atoms with E-state index in [0.29, 0.717) is 12.0 Å². The standard InChI is InChI=1S/C8H7F2NO2/c9-8(10)1-5(2-8)7-6(3-12)11-4-13-7/h3-5H,1-2H2. The predicted molar refractivity (Wildman–Crippen MR) is 38.8 cm³/mol. The van der Waals surface area contributed by atoms with Crippen LogP contribution in [0.3, 0.4) is 0 Å². The number of hydrogen-bond acceptors (Lipinski definition) is 3. The summed E-state index contributed by atoms with van der Waals surface area (Å²) in [6, 6.07) is 0. The summed E-state index contributed by atoms with van der Waals surface area (Å²) in [5, 5.41) is 0. The maximum atomic E-state index is 12.5. The minimum absolute atomic E-state index is 0.139. The Morgan fingerprint density at radius 2 is 2.31 bits per heavy atom. The highest BCUT2D eigenvalue weighted by molar-refractivity contribution is 5.73. The Bertz CT molecular complexity index is 327. The Hall–Kier alpha value is -1.26. The van der Waals surface area contributed by atoms with E-state index in [1.807, 2.05) is 0 Å². The van der Waals surface area contributed by atoms with Gasteiger partial charge >= 0.3 is 0 Å². The molecule has 1 heterocycles. The van der Waals surface area contributed by atoms with Crippen molar-refractivity contribution in [3.63, 3.8) is 0 Å². The first-order chi connectivity index (χ1) is 6.12. The van der Waals surface area contributed by atoms with Crippen LogP contribution < -0.4 is 0 Å². The van der Waals surface area contributed by atoms with Crippen LogP contribution >= 0.6 is 0 Å². The highest BCUT2D eigenvalue weighted by Gasteiger charge is 2.48. The lowest BCUT2D eigenvalue weighted by atomic mass is 9.79. The van der Waals surface area contributed by atoms with E-state index >= 15 is 0 Å². The molecule has 1 fully saturated rings. The van der Waals surface area contributed by atoms with Crippen molar-refractivity contribution >= 4 is 6.29 Å². The van der Waals surface area contributed by atoms with Crippen molar-refractivity contribution in [1.82, 2.24) is 4.98 Å². The van der Waals surface area contributed by atoms with Gasteiger partial charge in [0.1, 0.15) is 11.5 Å². The van der Waals surface area contributed by atoms with Crippen LogP contribution in [-0.4, -0.2) is 17.2 Å². The molecule has 0 spiro atoms. The first kappa shape index (κ1) is 8.34. The zero-order valence-corrected chi connectivity index (χ0v) is 6.67. The van der Waals surface area contributed by atoms with Gasteiger partial charge in [0.25, 0.3) is 0 Å². The molecule has 1 aliphatic rings. The molecule has 2 rings (SSSR count). The number of carbonyl (C=O) groups is 1. The molecule has 0 bridgehead atoms. The molecule has 13 heavy (non-hydrogen) atoms. The minimum atomic E-state index is -2.60. The van der Waals surface area contributed by atoms with Gasteiger partial charge in [-0.15, -0.1) is 0 Å². The van der Waals surface area contributed by atoms with E-state index in [1.54, 1.807) is 0 Å². The fourth-order valence-electron chi connectivity index (χ4n) is 1.50. The number of oxazole rings is 1. The minimum Gasteiger partial charge on any atom is -0.447 e. The molecule has 1 aromatic rings. The van der Waals surface area contributed by atoms with Gasteiger partial charge < -0.3 is 4.42 Å². The third kappa shape index (κ3) is 1.34. The molecule has 70 valence electrons. The molecule has 3 nitrogen and oxygen atoms in total. The molecule has 0 saturated heterocycles. The quantitative estimate of drug-likeness (QED) is 0.665. The molecule has 1 aromatic heterocycles. The van der Waals surface area contributed by atoms with Crippen molar-refractivity contribution in [3.05, 3.63) is 17.8 Å². The number of rotatable bonds is 2. The lowest BCUT2D eigenvalue weighted by Crippen LogP contribution is -2.33. The van der Waals surface area contributed by atoms with Gasteiger partial charge in [-0.05, 0) is 0 Å². The smallest absolute Gasteiger partial charge is 0.249 e. The third-order valence-electron chi connectivity index (χ3n) is 2.20. The van der Waals surface area contributed by atoms with Crippen LogP contribution in [0.2, 0.25) is 0 Å². The Balaban J connectivity index is 2.15. The highest BCUT2D eigenvalue weighted by Crippen LogP contribution is 2.48. The summed E-state index contributed by atoms with van der Waals surface area (Å²) in [7, 11) is 0. The lowest BCUT2D eigenvalue weighted by molar-refractivity contribution is -0.0908. The predicted octanol–water partition coefficient (Wildman–Crippen LogP) is 2.00. The van der Waals surface area contributed by atoms with Crippen LogP contribution in [0, 0.1) is 0 Å². The molecule has 5 heteroatoms. The van der Waals surface area contributed by atoms with E-state index in [9.17, 15) is 13.6 Å². The van der Waals surface area contributed by atoms with Gasteiger partial charge in [-0.3, -0.25) is 4.79 Å². The van der Waals surface area contributed by atoms with E-state index in [-0.39, 0.29) is 24.5 Å². The average molecular weight is 187 g/mol. The molecule has 0 radical (unpaired) electrons. The fourth-order valence-corrected chi connectivity index (χ4v) is 1.50. The van der Waals surface area contributed by atoms with Crippen LogP contribution in [0.25, 0.3) is 0 Å². The zero-order chi connectivity index (χ0) is 9.47. The summed E-state index contributed by atoms with van der Waals surface area (Å²) in [6.45, 7) is 0. The fraction of sp³-hybridized carbons (Fsp3) is 0.500. The SMILES string of the molecule is O=Cc1ncoc1C1CC(F)(F)C1. The van der Waals surface area contributed by atoms with Crippen molar-refractivity contribution < 1.29 is 18.0 Å². The lowest BCUT2D eigenvalue weighted by Gasteiger charge is -2.33. The number of carbonyl (C=O) groups excluding carboxylic acids is 1. The van der Waals surface area contributed by atoms with Gasteiger partial charge in [-0.25, -0.2) is 13.8 Å². The number of aldehydes is 1. The first-order valence-corrected chi connectivity index (χ1v) is 3.89. The van der Waals surface area contributed by atoms with Gasteiger partial charge in [0.2, 0.25) is 5.92 Å². The normalized spacial score (nSPS) is 21.1. The van der Waals surface area contributed by atoms with Crippen molar-refractivity contribution in [3.8, 4) is 0 Å². The maximum absolute atomic E-state index is 12.5. The number of hydrogen-bond donors (Lipinski definition) is 0. The second-order valence-corrected chi connectivity index (χ2v) is 3.18. The van der Waals surface area contributed by atoms with Gasteiger partial charge in [0.15, 0.2) is 12.7 Å². The monoisotopic (exact) mass is 187 g/mol. The summed E-state index contributed by atoms with van der Waals surface area (Å²) in [6.07, 6.45) is 1.14. The maximum Gasteiger partial charge on any atom is 0.249 e. The number of nitrogens with zero attached hydrogens (tertiary/aromatic N) is 1. The average Bonchev–Trinajstić information content (AvgIpc) is 2.46. The number of alkyl halides is 2. The van der Waals surface area contributed by atoms with Crippen LogP contribution in [-0.2, 0) is 0 Å². The van der Waals surface area contributed by atoms with Gasteiger partial charge in [-0.2, -0.15) is 0 Å². The summed E-state index contributed by atoms with van der Waals surface area (Å²) in [5.74, 6) is -2.66. The topological polar surface area (TPSA) is 43.1 Å². The summed E-state index contributed by atoms with van der Waals surface area (Å²) in [5.41, 5.74) is 0.139. The molecule has 0 aromatic carbocycles. The Morgan fingerprint density at radius 1 is 1.62 bits per heavy atom. The molecular formula is C8H7F2NO2. The third-order valence-corrected chi connectivity index (χ3v) is 2.20. The largest absolute Gasteiger partial charge is 0.447 e. The van der Waals surface area contributed by atoms with Crippen LogP contribution in [0.4, 0.5) is 8.78 Å². The highest BCUT2D eigenvalue weighted by atomic mass is 19.3.